The highest BCUT2D eigenvalue weighted by atomic mass is 32.1. The Labute approximate surface area is 119 Å². The van der Waals surface area contributed by atoms with Gasteiger partial charge in [0.1, 0.15) is 11.6 Å². The van der Waals surface area contributed by atoms with Gasteiger partial charge in [-0.3, -0.25) is 4.57 Å². The molecular weight excluding hydrogens is 274 g/mol. The summed E-state index contributed by atoms with van der Waals surface area (Å²) in [4.78, 5) is 15.8. The van der Waals surface area contributed by atoms with Gasteiger partial charge in [-0.1, -0.05) is 0 Å². The maximum absolute atomic E-state index is 11.6. The average molecular weight is 287 g/mol. The Kier molecular flexibility index (Phi) is 2.94. The van der Waals surface area contributed by atoms with E-state index in [9.17, 15) is 4.79 Å². The molecule has 0 saturated heterocycles. The van der Waals surface area contributed by atoms with Crippen molar-refractivity contribution in [3.05, 3.63) is 41.2 Å². The molecule has 6 heteroatoms. The number of nitrogens with zero attached hydrogens (tertiary/aromatic N) is 2. The number of rotatable bonds is 2. The smallest absolute Gasteiger partial charge is 0.360 e. The van der Waals surface area contributed by atoms with Crippen molar-refractivity contribution in [2.24, 2.45) is 0 Å². The first-order valence-corrected chi connectivity index (χ1v) is 6.90. The molecule has 20 heavy (non-hydrogen) atoms. The lowest BCUT2D eigenvalue weighted by atomic mass is 10.2. The van der Waals surface area contributed by atoms with Gasteiger partial charge in [0, 0.05) is 10.4 Å². The molecule has 2 N–H and O–H groups in total. The van der Waals surface area contributed by atoms with E-state index >= 15 is 0 Å². The number of aromatic nitrogens is 2. The van der Waals surface area contributed by atoms with E-state index in [2.05, 4.69) is 9.72 Å². The van der Waals surface area contributed by atoms with Crippen molar-refractivity contribution in [1.29, 1.82) is 0 Å². The van der Waals surface area contributed by atoms with Crippen LogP contribution in [0.25, 0.3) is 15.8 Å². The van der Waals surface area contributed by atoms with E-state index in [1.165, 1.54) is 11.8 Å². The van der Waals surface area contributed by atoms with Crippen LogP contribution in [0.5, 0.6) is 0 Å². The lowest BCUT2D eigenvalue weighted by Gasteiger charge is -2.07. The van der Waals surface area contributed by atoms with Gasteiger partial charge >= 0.3 is 5.97 Å². The lowest BCUT2D eigenvalue weighted by molar-refractivity contribution is 0.0596. The van der Waals surface area contributed by atoms with E-state index in [0.29, 0.717) is 11.6 Å². The molecule has 5 nitrogen and oxygen atoms in total. The van der Waals surface area contributed by atoms with Crippen molar-refractivity contribution in [3.63, 3.8) is 0 Å². The molecule has 0 spiro atoms. The summed E-state index contributed by atoms with van der Waals surface area (Å²) in [6, 6.07) is 8.07. The summed E-state index contributed by atoms with van der Waals surface area (Å²) >= 11 is 1.68. The highest BCUT2D eigenvalue weighted by Crippen LogP contribution is 2.27. The van der Waals surface area contributed by atoms with Crippen molar-refractivity contribution in [1.82, 2.24) is 9.55 Å². The minimum Gasteiger partial charge on any atom is -0.464 e. The van der Waals surface area contributed by atoms with E-state index in [0.717, 1.165) is 11.1 Å². The molecule has 2 heterocycles. The van der Waals surface area contributed by atoms with Gasteiger partial charge in [0.2, 0.25) is 0 Å². The number of imidazole rings is 1. The summed E-state index contributed by atoms with van der Waals surface area (Å²) < 4.78 is 7.65. The van der Waals surface area contributed by atoms with Crippen LogP contribution in [-0.2, 0) is 4.74 Å². The fourth-order valence-corrected chi connectivity index (χ4v) is 2.99. The van der Waals surface area contributed by atoms with E-state index in [1.54, 1.807) is 22.8 Å². The standard InChI is InChI=1S/C14H13N3O2S/c1-8-16-12(14(18)19-2)13(15)17(8)10-3-4-11-9(7-10)5-6-20-11/h3-7H,15H2,1-2H3. The Bertz CT molecular complexity index is 804. The minimum atomic E-state index is -0.527. The molecule has 3 rings (SSSR count). The van der Waals surface area contributed by atoms with Gasteiger partial charge in [0.15, 0.2) is 5.69 Å². The monoisotopic (exact) mass is 287 g/mol. The van der Waals surface area contributed by atoms with Gasteiger partial charge in [0.25, 0.3) is 0 Å². The zero-order chi connectivity index (χ0) is 14.3. The van der Waals surface area contributed by atoms with Crippen molar-refractivity contribution in [2.45, 2.75) is 6.92 Å². The van der Waals surface area contributed by atoms with E-state index in [4.69, 9.17) is 5.73 Å². The Morgan fingerprint density at radius 1 is 1.40 bits per heavy atom. The summed E-state index contributed by atoms with van der Waals surface area (Å²) in [6.07, 6.45) is 0. The number of carbonyl (C=O) groups excluding carboxylic acids is 1. The van der Waals surface area contributed by atoms with Crippen LogP contribution in [-0.4, -0.2) is 22.6 Å². The molecule has 0 aliphatic rings. The normalized spacial score (nSPS) is 10.9. The first-order valence-electron chi connectivity index (χ1n) is 6.02. The van der Waals surface area contributed by atoms with Crippen LogP contribution in [0.1, 0.15) is 16.3 Å². The molecule has 1 aromatic carbocycles. The van der Waals surface area contributed by atoms with E-state index in [1.807, 2.05) is 29.6 Å². The molecule has 0 unspecified atom stereocenters. The largest absolute Gasteiger partial charge is 0.464 e. The van der Waals surface area contributed by atoms with Crippen LogP contribution in [0.4, 0.5) is 5.82 Å². The topological polar surface area (TPSA) is 70.1 Å². The zero-order valence-electron chi connectivity index (χ0n) is 11.1. The van der Waals surface area contributed by atoms with E-state index < -0.39 is 5.97 Å². The second kappa shape index (κ2) is 4.64. The fourth-order valence-electron chi connectivity index (χ4n) is 2.22. The first kappa shape index (κ1) is 12.7. The van der Waals surface area contributed by atoms with Crippen molar-refractivity contribution in [3.8, 4) is 5.69 Å². The van der Waals surface area contributed by atoms with Crippen molar-refractivity contribution >= 4 is 33.2 Å². The number of benzene rings is 1. The molecular formula is C14H13N3O2S. The zero-order valence-corrected chi connectivity index (χ0v) is 11.9. The molecule has 0 radical (unpaired) electrons. The number of esters is 1. The molecule has 102 valence electrons. The van der Waals surface area contributed by atoms with Gasteiger partial charge in [-0.25, -0.2) is 9.78 Å². The predicted octanol–water partition coefficient (Wildman–Crippen LogP) is 2.76. The number of carbonyl (C=O) groups is 1. The molecule has 0 aliphatic carbocycles. The van der Waals surface area contributed by atoms with Crippen molar-refractivity contribution in [2.75, 3.05) is 12.8 Å². The SMILES string of the molecule is COC(=O)c1nc(C)n(-c2ccc3sccc3c2)c1N. The van der Waals surface area contributed by atoms with Crippen LogP contribution in [0.15, 0.2) is 29.6 Å². The molecule has 0 saturated carbocycles. The fraction of sp³-hybridized carbons (Fsp3) is 0.143. The first-order chi connectivity index (χ1) is 9.61. The summed E-state index contributed by atoms with van der Waals surface area (Å²) in [5.41, 5.74) is 7.07. The molecule has 0 bridgehead atoms. The quantitative estimate of drug-likeness (QED) is 0.736. The number of nitrogens with two attached hydrogens (primary N) is 1. The minimum absolute atomic E-state index is 0.149. The number of anilines is 1. The van der Waals surface area contributed by atoms with Gasteiger partial charge < -0.3 is 10.5 Å². The molecule has 0 amide bonds. The van der Waals surface area contributed by atoms with Gasteiger partial charge in [-0.05, 0) is 42.0 Å². The number of methoxy groups -OCH3 is 1. The maximum Gasteiger partial charge on any atom is 0.360 e. The predicted molar refractivity (Wildman–Crippen MR) is 79.4 cm³/mol. The molecule has 2 aromatic heterocycles. The highest BCUT2D eigenvalue weighted by Gasteiger charge is 2.20. The highest BCUT2D eigenvalue weighted by molar-refractivity contribution is 7.17. The Morgan fingerprint density at radius 3 is 2.95 bits per heavy atom. The summed E-state index contributed by atoms with van der Waals surface area (Å²) in [7, 11) is 1.31. The van der Waals surface area contributed by atoms with Gasteiger partial charge in [0.05, 0.1) is 7.11 Å². The molecule has 0 atom stereocenters. The third kappa shape index (κ3) is 1.85. The Morgan fingerprint density at radius 2 is 2.20 bits per heavy atom. The van der Waals surface area contributed by atoms with Crippen LogP contribution < -0.4 is 5.73 Å². The van der Waals surface area contributed by atoms with Gasteiger partial charge in [-0.15, -0.1) is 11.3 Å². The number of hydrogen-bond acceptors (Lipinski definition) is 5. The molecule has 3 aromatic rings. The summed E-state index contributed by atoms with van der Waals surface area (Å²) in [5.74, 6) is 0.419. The molecule has 0 aliphatic heterocycles. The third-order valence-electron chi connectivity index (χ3n) is 3.15. The van der Waals surface area contributed by atoms with Crippen LogP contribution >= 0.6 is 11.3 Å². The van der Waals surface area contributed by atoms with Crippen LogP contribution in [0, 0.1) is 6.92 Å². The number of aryl methyl sites for hydroxylation is 1. The van der Waals surface area contributed by atoms with Gasteiger partial charge in [-0.2, -0.15) is 0 Å². The van der Waals surface area contributed by atoms with E-state index in [-0.39, 0.29) is 5.69 Å². The number of ether oxygens (including phenoxy) is 1. The number of thiophene rings is 1. The lowest BCUT2D eigenvalue weighted by Crippen LogP contribution is -2.07. The Hall–Kier alpha value is -2.34. The Balaban J connectivity index is 2.18. The van der Waals surface area contributed by atoms with Crippen molar-refractivity contribution < 1.29 is 9.53 Å². The number of nitrogen functional groups attached to an aromatic ring is 1. The number of hydrogen-bond donors (Lipinski definition) is 1. The average Bonchev–Trinajstić information content (AvgIpc) is 3.01. The van der Waals surface area contributed by atoms with Crippen LogP contribution in [0.2, 0.25) is 0 Å². The maximum atomic E-state index is 11.6. The summed E-state index contributed by atoms with van der Waals surface area (Å²) in [6.45, 7) is 1.81. The second-order valence-electron chi connectivity index (χ2n) is 4.36. The third-order valence-corrected chi connectivity index (χ3v) is 4.05. The second-order valence-corrected chi connectivity index (χ2v) is 5.31. The van der Waals surface area contributed by atoms with Crippen LogP contribution in [0.3, 0.4) is 0 Å². The number of fused-ring (bicyclic) bond motifs is 1. The summed E-state index contributed by atoms with van der Waals surface area (Å²) in [5, 5.41) is 3.18. The molecule has 0 fully saturated rings.